The van der Waals surface area contributed by atoms with E-state index >= 15 is 0 Å². The van der Waals surface area contributed by atoms with Gasteiger partial charge in [0.1, 0.15) is 0 Å². The number of amides is 1. The zero-order valence-corrected chi connectivity index (χ0v) is 17.7. The largest absolute Gasteiger partial charge is 0.322 e. The summed E-state index contributed by atoms with van der Waals surface area (Å²) in [6.45, 7) is 1.68. The van der Waals surface area contributed by atoms with Gasteiger partial charge in [0, 0.05) is 21.4 Å². The summed E-state index contributed by atoms with van der Waals surface area (Å²) in [5, 5.41) is 11.6. The van der Waals surface area contributed by atoms with Crippen LogP contribution in [0.3, 0.4) is 0 Å². The van der Waals surface area contributed by atoms with E-state index < -0.39 is 15.9 Å². The number of carbonyl (C=O) groups excluding carboxylic acids is 1. The van der Waals surface area contributed by atoms with Gasteiger partial charge in [-0.05, 0) is 67.1 Å². The van der Waals surface area contributed by atoms with Crippen molar-refractivity contribution in [3.63, 3.8) is 0 Å². The number of anilines is 2. The van der Waals surface area contributed by atoms with Crippen LogP contribution >= 0.6 is 15.9 Å². The number of halogens is 1. The predicted molar refractivity (Wildman–Crippen MR) is 115 cm³/mol. The first kappa shape index (κ1) is 20.6. The third-order valence-corrected chi connectivity index (χ3v) is 6.14. The van der Waals surface area contributed by atoms with E-state index in [2.05, 4.69) is 26.0 Å². The molecule has 0 aliphatic heterocycles. The van der Waals surface area contributed by atoms with E-state index in [0.29, 0.717) is 28.1 Å². The molecule has 29 heavy (non-hydrogen) atoms. The summed E-state index contributed by atoms with van der Waals surface area (Å²) in [6.07, 6.45) is 0. The Balaban J connectivity index is 1.86. The molecule has 0 spiro atoms. The molecule has 2 N–H and O–H groups in total. The Kier molecular flexibility index (Phi) is 6.01. The number of sulfonamides is 1. The molecule has 8 heteroatoms. The first-order chi connectivity index (χ1) is 13.8. The van der Waals surface area contributed by atoms with Crippen LogP contribution in [0.2, 0.25) is 0 Å². The quantitative estimate of drug-likeness (QED) is 0.566. The summed E-state index contributed by atoms with van der Waals surface area (Å²) < 4.78 is 29.0. The molecular formula is C21H16BrN3O3S. The molecule has 0 fully saturated rings. The Morgan fingerprint density at radius 2 is 1.69 bits per heavy atom. The van der Waals surface area contributed by atoms with Gasteiger partial charge in [0.2, 0.25) is 0 Å². The summed E-state index contributed by atoms with van der Waals surface area (Å²) in [4.78, 5) is 12.5. The fourth-order valence-electron chi connectivity index (χ4n) is 2.63. The number of nitrogens with one attached hydrogen (secondary N) is 2. The SMILES string of the molecule is Cc1ccc(NC(=O)c2cccc(C#N)c2)cc1S(=O)(=O)Nc1ccc(Br)cc1. The van der Waals surface area contributed by atoms with E-state index in [9.17, 15) is 13.2 Å². The van der Waals surface area contributed by atoms with Crippen molar-refractivity contribution in [1.82, 2.24) is 0 Å². The molecule has 1 amide bonds. The highest BCUT2D eigenvalue weighted by molar-refractivity contribution is 9.10. The van der Waals surface area contributed by atoms with Crippen molar-refractivity contribution >= 4 is 43.2 Å². The predicted octanol–water partition coefficient (Wildman–Crippen LogP) is 4.68. The Bertz CT molecular complexity index is 1220. The number of aryl methyl sites for hydroxylation is 1. The Hall–Kier alpha value is -3.15. The number of benzene rings is 3. The molecule has 0 heterocycles. The van der Waals surface area contributed by atoms with Gasteiger partial charge in [0.25, 0.3) is 15.9 Å². The van der Waals surface area contributed by atoms with Crippen LogP contribution < -0.4 is 10.0 Å². The van der Waals surface area contributed by atoms with Crippen LogP contribution in [0.1, 0.15) is 21.5 Å². The summed E-state index contributed by atoms with van der Waals surface area (Å²) >= 11 is 3.31. The van der Waals surface area contributed by atoms with Crippen LogP contribution in [-0.4, -0.2) is 14.3 Å². The van der Waals surface area contributed by atoms with Crippen molar-refractivity contribution in [1.29, 1.82) is 5.26 Å². The average Bonchev–Trinajstić information content (AvgIpc) is 2.71. The first-order valence-corrected chi connectivity index (χ1v) is 10.8. The molecule has 3 rings (SSSR count). The van der Waals surface area contributed by atoms with Crippen LogP contribution in [-0.2, 0) is 10.0 Å². The van der Waals surface area contributed by atoms with Crippen LogP contribution in [0.5, 0.6) is 0 Å². The van der Waals surface area contributed by atoms with Crippen molar-refractivity contribution < 1.29 is 13.2 Å². The van der Waals surface area contributed by atoms with Gasteiger partial charge in [0.15, 0.2) is 0 Å². The molecule has 146 valence electrons. The normalized spacial score (nSPS) is 10.8. The molecule has 0 aliphatic rings. The Morgan fingerprint density at radius 3 is 2.38 bits per heavy atom. The second-order valence-corrected chi connectivity index (χ2v) is 8.81. The highest BCUT2D eigenvalue weighted by Gasteiger charge is 2.18. The fraction of sp³-hybridized carbons (Fsp3) is 0.0476. The topological polar surface area (TPSA) is 99.1 Å². The minimum atomic E-state index is -3.85. The minimum Gasteiger partial charge on any atom is -0.322 e. The number of hydrogen-bond acceptors (Lipinski definition) is 4. The van der Waals surface area contributed by atoms with Crippen molar-refractivity contribution in [3.8, 4) is 6.07 Å². The number of hydrogen-bond donors (Lipinski definition) is 2. The standard InChI is InChI=1S/C21H16BrN3O3S/c1-14-5-8-19(24-21(26)16-4-2-3-15(11-16)13-23)12-20(14)29(27,28)25-18-9-6-17(22)7-10-18/h2-12,25H,1H3,(H,24,26). The van der Waals surface area contributed by atoms with E-state index in [-0.39, 0.29) is 4.90 Å². The van der Waals surface area contributed by atoms with Gasteiger partial charge in [0.05, 0.1) is 16.5 Å². The van der Waals surface area contributed by atoms with Crippen LogP contribution in [0.4, 0.5) is 11.4 Å². The van der Waals surface area contributed by atoms with Gasteiger partial charge in [-0.25, -0.2) is 8.42 Å². The zero-order valence-electron chi connectivity index (χ0n) is 15.3. The Morgan fingerprint density at radius 1 is 1.00 bits per heavy atom. The second-order valence-electron chi connectivity index (χ2n) is 6.24. The lowest BCUT2D eigenvalue weighted by atomic mass is 10.1. The van der Waals surface area contributed by atoms with Crippen molar-refractivity contribution in [2.24, 2.45) is 0 Å². The molecule has 0 aliphatic carbocycles. The van der Waals surface area contributed by atoms with Gasteiger partial charge in [-0.15, -0.1) is 0 Å². The highest BCUT2D eigenvalue weighted by atomic mass is 79.9. The number of carbonyl (C=O) groups is 1. The molecule has 3 aromatic carbocycles. The molecule has 0 radical (unpaired) electrons. The van der Waals surface area contributed by atoms with Crippen LogP contribution in [0.25, 0.3) is 0 Å². The monoisotopic (exact) mass is 469 g/mol. The van der Waals surface area contributed by atoms with E-state index in [0.717, 1.165) is 4.47 Å². The van der Waals surface area contributed by atoms with Gasteiger partial charge < -0.3 is 5.32 Å². The molecule has 0 unspecified atom stereocenters. The summed E-state index contributed by atoms with van der Waals surface area (Å²) in [6, 6.07) is 19.6. The van der Waals surface area contributed by atoms with E-state index in [1.54, 1.807) is 61.5 Å². The van der Waals surface area contributed by atoms with Crippen molar-refractivity contribution in [2.45, 2.75) is 11.8 Å². The average molecular weight is 470 g/mol. The van der Waals surface area contributed by atoms with Gasteiger partial charge >= 0.3 is 0 Å². The fourth-order valence-corrected chi connectivity index (χ4v) is 4.22. The number of nitrogens with zero attached hydrogens (tertiary/aromatic N) is 1. The lowest BCUT2D eigenvalue weighted by Gasteiger charge is -2.13. The number of nitriles is 1. The molecule has 0 atom stereocenters. The van der Waals surface area contributed by atoms with Crippen LogP contribution in [0.15, 0.2) is 76.1 Å². The van der Waals surface area contributed by atoms with E-state index in [4.69, 9.17) is 5.26 Å². The molecule has 0 saturated heterocycles. The summed E-state index contributed by atoms with van der Waals surface area (Å²) in [5.74, 6) is -0.435. The third kappa shape index (κ3) is 5.02. The van der Waals surface area contributed by atoms with E-state index in [1.807, 2.05) is 6.07 Å². The third-order valence-electron chi connectivity index (χ3n) is 4.09. The van der Waals surface area contributed by atoms with Crippen molar-refractivity contribution in [2.75, 3.05) is 10.0 Å². The molecule has 0 aromatic heterocycles. The highest BCUT2D eigenvalue weighted by Crippen LogP contribution is 2.24. The maximum absolute atomic E-state index is 12.8. The Labute approximate surface area is 177 Å². The van der Waals surface area contributed by atoms with Gasteiger partial charge in [-0.1, -0.05) is 28.1 Å². The molecule has 6 nitrogen and oxygen atoms in total. The van der Waals surface area contributed by atoms with Crippen LogP contribution in [0, 0.1) is 18.3 Å². The lowest BCUT2D eigenvalue weighted by Crippen LogP contribution is -2.16. The number of rotatable bonds is 5. The van der Waals surface area contributed by atoms with E-state index in [1.165, 1.54) is 12.1 Å². The molecule has 3 aromatic rings. The summed E-state index contributed by atoms with van der Waals surface area (Å²) in [7, 11) is -3.85. The summed E-state index contributed by atoms with van der Waals surface area (Å²) in [5.41, 5.74) is 1.97. The van der Waals surface area contributed by atoms with Crippen molar-refractivity contribution in [3.05, 3.63) is 87.9 Å². The smallest absolute Gasteiger partial charge is 0.262 e. The molecule has 0 bridgehead atoms. The maximum atomic E-state index is 12.8. The minimum absolute atomic E-state index is 0.0593. The molecule has 0 saturated carbocycles. The second kappa shape index (κ2) is 8.47. The van der Waals surface area contributed by atoms with Gasteiger partial charge in [-0.2, -0.15) is 5.26 Å². The molecular weight excluding hydrogens is 454 g/mol. The first-order valence-electron chi connectivity index (χ1n) is 8.49. The lowest BCUT2D eigenvalue weighted by molar-refractivity contribution is 0.102. The maximum Gasteiger partial charge on any atom is 0.262 e. The zero-order chi connectivity index (χ0) is 21.0. The van der Waals surface area contributed by atoms with Gasteiger partial charge in [-0.3, -0.25) is 9.52 Å².